The first kappa shape index (κ1) is 18.7. The Morgan fingerprint density at radius 3 is 2.52 bits per heavy atom. The molecule has 2 rings (SSSR count). The molecular formula is C20H23NO4. The molecule has 0 saturated heterocycles. The molecule has 0 aromatic heterocycles. The van der Waals surface area contributed by atoms with Crippen LogP contribution in [0.5, 0.6) is 0 Å². The van der Waals surface area contributed by atoms with Crippen LogP contribution in [-0.4, -0.2) is 29.0 Å². The van der Waals surface area contributed by atoms with Crippen molar-refractivity contribution in [3.05, 3.63) is 77.9 Å². The minimum absolute atomic E-state index is 0.185. The number of carbonyl (C=O) groups is 1. The lowest BCUT2D eigenvalue weighted by Gasteiger charge is -2.20. The van der Waals surface area contributed by atoms with Gasteiger partial charge in [0.1, 0.15) is 12.7 Å². The second kappa shape index (κ2) is 9.61. The van der Waals surface area contributed by atoms with Crippen molar-refractivity contribution in [3.8, 4) is 0 Å². The van der Waals surface area contributed by atoms with E-state index in [0.29, 0.717) is 5.56 Å². The number of carbonyl (C=O) groups excluding carboxylic acids is 1. The molecule has 2 unspecified atom stereocenters. The number of hydrogen-bond acceptors (Lipinski definition) is 4. The van der Waals surface area contributed by atoms with E-state index in [9.17, 15) is 15.0 Å². The fourth-order valence-electron chi connectivity index (χ4n) is 2.43. The molecule has 0 spiro atoms. The van der Waals surface area contributed by atoms with Gasteiger partial charge >= 0.3 is 6.09 Å². The molecule has 5 nitrogen and oxygen atoms in total. The Hall–Kier alpha value is -2.63. The van der Waals surface area contributed by atoms with E-state index in [1.807, 2.05) is 42.5 Å². The molecule has 0 heterocycles. The van der Waals surface area contributed by atoms with Gasteiger partial charge in [-0.1, -0.05) is 67.3 Å². The lowest BCUT2D eigenvalue weighted by Crippen LogP contribution is -2.30. The number of alkyl carbamates (subject to hydrolysis) is 1. The molecule has 3 N–H and O–H groups in total. The summed E-state index contributed by atoms with van der Waals surface area (Å²) in [7, 11) is 0. The van der Waals surface area contributed by atoms with Gasteiger partial charge in [-0.05, 0) is 23.1 Å². The van der Waals surface area contributed by atoms with Gasteiger partial charge in [0.05, 0.1) is 6.10 Å². The van der Waals surface area contributed by atoms with Crippen molar-refractivity contribution in [2.45, 2.75) is 25.2 Å². The first-order valence-corrected chi connectivity index (χ1v) is 8.14. The Morgan fingerprint density at radius 1 is 1.12 bits per heavy atom. The number of rotatable bonds is 8. The Morgan fingerprint density at radius 2 is 1.80 bits per heavy atom. The highest BCUT2D eigenvalue weighted by Gasteiger charge is 2.20. The van der Waals surface area contributed by atoms with Crippen LogP contribution in [0.25, 0.3) is 6.08 Å². The van der Waals surface area contributed by atoms with Crippen molar-refractivity contribution < 1.29 is 19.7 Å². The molecule has 2 atom stereocenters. The lowest BCUT2D eigenvalue weighted by atomic mass is 9.97. The van der Waals surface area contributed by atoms with Crippen LogP contribution < -0.4 is 5.32 Å². The zero-order valence-corrected chi connectivity index (χ0v) is 14.0. The summed E-state index contributed by atoms with van der Waals surface area (Å²) >= 11 is 0. The molecule has 0 radical (unpaired) electrons. The van der Waals surface area contributed by atoms with Crippen molar-refractivity contribution in [2.24, 2.45) is 0 Å². The number of nitrogens with one attached hydrogen (secondary N) is 1. The molecule has 25 heavy (non-hydrogen) atoms. The fraction of sp³-hybridized carbons (Fsp3) is 0.250. The van der Waals surface area contributed by atoms with Gasteiger partial charge in [-0.15, -0.1) is 0 Å². The van der Waals surface area contributed by atoms with E-state index in [1.54, 1.807) is 18.2 Å². The number of hydrogen-bond donors (Lipinski definition) is 3. The summed E-state index contributed by atoms with van der Waals surface area (Å²) < 4.78 is 5.08. The molecule has 2 aromatic rings. The number of aliphatic hydroxyl groups is 2. The smallest absolute Gasteiger partial charge is 0.407 e. The number of benzene rings is 2. The van der Waals surface area contributed by atoms with Crippen LogP contribution in [0.15, 0.2) is 61.2 Å². The average Bonchev–Trinajstić information content (AvgIpc) is 2.66. The fourth-order valence-corrected chi connectivity index (χ4v) is 2.43. The Labute approximate surface area is 147 Å². The first-order valence-electron chi connectivity index (χ1n) is 8.14. The lowest BCUT2D eigenvalue weighted by molar-refractivity contribution is 0.0135. The Bertz CT molecular complexity index is 687. The number of amides is 1. The highest BCUT2D eigenvalue weighted by Crippen LogP contribution is 2.23. The van der Waals surface area contributed by atoms with Crippen molar-refractivity contribution in [1.29, 1.82) is 0 Å². The summed E-state index contributed by atoms with van der Waals surface area (Å²) in [6.07, 6.45) is -0.777. The molecular weight excluding hydrogens is 318 g/mol. The van der Waals surface area contributed by atoms with Gasteiger partial charge in [0.2, 0.25) is 0 Å². The molecule has 0 bridgehead atoms. The zero-order chi connectivity index (χ0) is 18.1. The molecule has 0 saturated carbocycles. The zero-order valence-electron chi connectivity index (χ0n) is 14.0. The second-order valence-electron chi connectivity index (χ2n) is 5.62. The van der Waals surface area contributed by atoms with E-state index in [4.69, 9.17) is 4.74 Å². The molecule has 0 fully saturated rings. The maximum Gasteiger partial charge on any atom is 0.407 e. The van der Waals surface area contributed by atoms with Crippen LogP contribution in [-0.2, 0) is 11.3 Å². The third kappa shape index (κ3) is 5.74. The SMILES string of the molecule is C=Cc1ccccc1C(O)C(O)CCNC(=O)OCc1ccccc1. The largest absolute Gasteiger partial charge is 0.445 e. The quantitative estimate of drug-likeness (QED) is 0.689. The van der Waals surface area contributed by atoms with Gasteiger partial charge < -0.3 is 20.3 Å². The summed E-state index contributed by atoms with van der Waals surface area (Å²) in [6, 6.07) is 16.5. The summed E-state index contributed by atoms with van der Waals surface area (Å²) in [5.41, 5.74) is 2.27. The number of aliphatic hydroxyl groups excluding tert-OH is 2. The first-order chi connectivity index (χ1) is 12.1. The van der Waals surface area contributed by atoms with Crippen molar-refractivity contribution in [2.75, 3.05) is 6.54 Å². The summed E-state index contributed by atoms with van der Waals surface area (Å²) in [5.74, 6) is 0. The average molecular weight is 341 g/mol. The monoisotopic (exact) mass is 341 g/mol. The van der Waals surface area contributed by atoms with Crippen LogP contribution in [0.3, 0.4) is 0 Å². The van der Waals surface area contributed by atoms with E-state index < -0.39 is 18.3 Å². The van der Waals surface area contributed by atoms with Crippen molar-refractivity contribution in [1.82, 2.24) is 5.32 Å². The highest BCUT2D eigenvalue weighted by atomic mass is 16.5. The van der Waals surface area contributed by atoms with Gasteiger partial charge in [0, 0.05) is 6.54 Å². The third-order valence-corrected chi connectivity index (χ3v) is 3.82. The summed E-state index contributed by atoms with van der Waals surface area (Å²) in [4.78, 5) is 11.6. The van der Waals surface area contributed by atoms with Crippen molar-refractivity contribution in [3.63, 3.8) is 0 Å². The van der Waals surface area contributed by atoms with Crippen LogP contribution in [0, 0.1) is 0 Å². The maximum absolute atomic E-state index is 11.6. The molecule has 0 aliphatic rings. The van der Waals surface area contributed by atoms with Crippen LogP contribution in [0.1, 0.15) is 29.2 Å². The molecule has 5 heteroatoms. The van der Waals surface area contributed by atoms with E-state index in [0.717, 1.165) is 11.1 Å². The number of ether oxygens (including phenoxy) is 1. The Balaban J connectivity index is 1.75. The van der Waals surface area contributed by atoms with Crippen molar-refractivity contribution >= 4 is 12.2 Å². The van der Waals surface area contributed by atoms with E-state index in [1.165, 1.54) is 0 Å². The van der Waals surface area contributed by atoms with E-state index in [2.05, 4.69) is 11.9 Å². The van der Waals surface area contributed by atoms with E-state index >= 15 is 0 Å². The van der Waals surface area contributed by atoms with Gasteiger partial charge in [-0.2, -0.15) is 0 Å². The van der Waals surface area contributed by atoms with Gasteiger partial charge in [0.25, 0.3) is 0 Å². The molecule has 132 valence electrons. The molecule has 2 aromatic carbocycles. The summed E-state index contributed by atoms with van der Waals surface area (Å²) in [6.45, 7) is 4.08. The minimum Gasteiger partial charge on any atom is -0.445 e. The molecule has 1 amide bonds. The van der Waals surface area contributed by atoms with Gasteiger partial charge in [0.15, 0.2) is 0 Å². The normalized spacial score (nSPS) is 12.9. The predicted molar refractivity (Wildman–Crippen MR) is 96.7 cm³/mol. The highest BCUT2D eigenvalue weighted by molar-refractivity contribution is 5.67. The molecule has 0 aliphatic heterocycles. The van der Waals surface area contributed by atoms with Gasteiger partial charge in [-0.25, -0.2) is 4.79 Å². The second-order valence-corrected chi connectivity index (χ2v) is 5.62. The van der Waals surface area contributed by atoms with Crippen LogP contribution >= 0.6 is 0 Å². The standard InChI is InChI=1S/C20H23NO4/c1-2-16-10-6-7-11-17(16)19(23)18(22)12-13-21-20(24)25-14-15-8-4-3-5-9-15/h2-11,18-19,22-23H,1,12-14H2,(H,21,24). The van der Waals surface area contributed by atoms with Crippen LogP contribution in [0.2, 0.25) is 0 Å². The van der Waals surface area contributed by atoms with Crippen LogP contribution in [0.4, 0.5) is 4.79 Å². The molecule has 0 aliphatic carbocycles. The minimum atomic E-state index is -1.05. The van der Waals surface area contributed by atoms with Gasteiger partial charge in [-0.3, -0.25) is 0 Å². The predicted octanol–water partition coefficient (Wildman–Crippen LogP) is 3.04. The topological polar surface area (TPSA) is 78.8 Å². The Kier molecular flexibility index (Phi) is 7.19. The third-order valence-electron chi connectivity index (χ3n) is 3.82. The maximum atomic E-state index is 11.6. The summed E-state index contributed by atoms with van der Waals surface area (Å²) in [5, 5.41) is 23.0. The van der Waals surface area contributed by atoms with E-state index in [-0.39, 0.29) is 19.6 Å².